The van der Waals surface area contributed by atoms with Gasteiger partial charge in [-0.25, -0.2) is 0 Å². The smallest absolute Gasteiger partial charge is 0.124 e. The Morgan fingerprint density at radius 2 is 1.91 bits per heavy atom. The van der Waals surface area contributed by atoms with Crippen molar-refractivity contribution in [2.24, 2.45) is 0 Å². The maximum atomic E-state index is 9.49. The SMILES string of the molecule is Cc1ccccc1NC(=S)/C(C#N)=C1/Nc2ccccc2S1. The molecule has 22 heavy (non-hydrogen) atoms. The standard InChI is InChI=1S/C17H13N3S2/c1-11-6-2-3-7-13(11)19-16(21)12(10-18)17-20-14-8-4-5-9-15(14)22-17/h2-9,20H,1H3,(H,19,21)/b17-12-. The number of thioether (sulfide) groups is 1. The summed E-state index contributed by atoms with van der Waals surface area (Å²) in [5.74, 6) is 0. The summed E-state index contributed by atoms with van der Waals surface area (Å²) in [6.45, 7) is 2.00. The predicted molar refractivity (Wildman–Crippen MR) is 96.0 cm³/mol. The Kier molecular flexibility index (Phi) is 4.14. The van der Waals surface area contributed by atoms with Crippen molar-refractivity contribution in [2.45, 2.75) is 11.8 Å². The largest absolute Gasteiger partial charge is 0.348 e. The Hall–Kier alpha value is -2.29. The summed E-state index contributed by atoms with van der Waals surface area (Å²) in [5.41, 5.74) is 3.47. The second kappa shape index (κ2) is 6.22. The fourth-order valence-corrected chi connectivity index (χ4v) is 3.46. The van der Waals surface area contributed by atoms with Crippen LogP contribution in [0.15, 0.2) is 64.0 Å². The third-order valence-electron chi connectivity index (χ3n) is 3.31. The van der Waals surface area contributed by atoms with E-state index in [1.807, 2.05) is 55.5 Å². The molecule has 5 heteroatoms. The van der Waals surface area contributed by atoms with Crippen LogP contribution in [0.1, 0.15) is 5.56 Å². The van der Waals surface area contributed by atoms with Crippen LogP contribution in [0.5, 0.6) is 0 Å². The topological polar surface area (TPSA) is 47.9 Å². The van der Waals surface area contributed by atoms with Crippen molar-refractivity contribution in [1.29, 1.82) is 5.26 Å². The van der Waals surface area contributed by atoms with E-state index < -0.39 is 0 Å². The van der Waals surface area contributed by atoms with Crippen molar-refractivity contribution in [3.8, 4) is 6.07 Å². The summed E-state index contributed by atoms with van der Waals surface area (Å²) in [7, 11) is 0. The van der Waals surface area contributed by atoms with E-state index >= 15 is 0 Å². The number of anilines is 2. The minimum absolute atomic E-state index is 0.430. The Bertz CT molecular complexity index is 792. The first-order valence-corrected chi connectivity index (χ1v) is 7.97. The van der Waals surface area contributed by atoms with Gasteiger partial charge in [0, 0.05) is 10.6 Å². The van der Waals surface area contributed by atoms with E-state index in [1.54, 1.807) is 0 Å². The average molecular weight is 323 g/mol. The Morgan fingerprint density at radius 3 is 2.64 bits per heavy atom. The zero-order chi connectivity index (χ0) is 15.5. The van der Waals surface area contributed by atoms with Crippen LogP contribution in [0.4, 0.5) is 11.4 Å². The lowest BCUT2D eigenvalue weighted by Crippen LogP contribution is -2.14. The number of aryl methyl sites for hydroxylation is 1. The molecule has 0 aromatic heterocycles. The van der Waals surface area contributed by atoms with Crippen molar-refractivity contribution in [3.63, 3.8) is 0 Å². The van der Waals surface area contributed by atoms with Gasteiger partial charge in [-0.2, -0.15) is 5.26 Å². The molecule has 0 radical (unpaired) electrons. The first kappa shape index (κ1) is 14.6. The minimum Gasteiger partial charge on any atom is -0.348 e. The number of thiocarbonyl (C=S) groups is 1. The minimum atomic E-state index is 0.430. The maximum Gasteiger partial charge on any atom is 0.124 e. The Labute approximate surface area is 139 Å². The molecule has 0 saturated heterocycles. The van der Waals surface area contributed by atoms with Crippen molar-refractivity contribution < 1.29 is 0 Å². The van der Waals surface area contributed by atoms with Gasteiger partial charge < -0.3 is 10.6 Å². The molecule has 0 bridgehead atoms. The summed E-state index contributed by atoms with van der Waals surface area (Å²) in [5, 5.41) is 16.7. The summed E-state index contributed by atoms with van der Waals surface area (Å²) in [6, 6.07) is 18.0. The van der Waals surface area contributed by atoms with E-state index in [9.17, 15) is 5.26 Å². The predicted octanol–water partition coefficient (Wildman–Crippen LogP) is 4.69. The van der Waals surface area contributed by atoms with Gasteiger partial charge in [-0.15, -0.1) is 0 Å². The fourth-order valence-electron chi connectivity index (χ4n) is 2.13. The van der Waals surface area contributed by atoms with E-state index in [1.165, 1.54) is 11.8 Å². The van der Waals surface area contributed by atoms with Crippen LogP contribution in [0.25, 0.3) is 0 Å². The van der Waals surface area contributed by atoms with E-state index in [2.05, 4.69) is 16.7 Å². The van der Waals surface area contributed by atoms with Gasteiger partial charge in [-0.1, -0.05) is 54.3 Å². The van der Waals surface area contributed by atoms with Crippen LogP contribution < -0.4 is 10.6 Å². The van der Waals surface area contributed by atoms with Gasteiger partial charge in [0.05, 0.1) is 10.7 Å². The average Bonchev–Trinajstić information content (AvgIpc) is 2.94. The highest BCUT2D eigenvalue weighted by Crippen LogP contribution is 2.42. The third kappa shape index (κ3) is 2.84. The number of fused-ring (bicyclic) bond motifs is 1. The molecule has 0 aliphatic carbocycles. The number of rotatable bonds is 2. The second-order valence-corrected chi connectivity index (χ2v) is 6.27. The molecule has 2 aromatic rings. The van der Waals surface area contributed by atoms with Crippen molar-refractivity contribution >= 4 is 40.3 Å². The zero-order valence-electron chi connectivity index (χ0n) is 11.9. The molecular formula is C17H13N3S2. The lowest BCUT2D eigenvalue weighted by atomic mass is 10.2. The van der Waals surface area contributed by atoms with Gasteiger partial charge in [0.25, 0.3) is 0 Å². The van der Waals surface area contributed by atoms with Gasteiger partial charge >= 0.3 is 0 Å². The number of hydrogen-bond acceptors (Lipinski definition) is 4. The molecule has 0 saturated carbocycles. The first-order chi connectivity index (χ1) is 10.7. The molecule has 1 aliphatic rings. The van der Waals surface area contributed by atoms with Crippen LogP contribution in [-0.2, 0) is 0 Å². The van der Waals surface area contributed by atoms with Gasteiger partial charge in [0.15, 0.2) is 0 Å². The van der Waals surface area contributed by atoms with E-state index in [4.69, 9.17) is 12.2 Å². The van der Waals surface area contributed by atoms with E-state index in [0.29, 0.717) is 10.6 Å². The number of hydrogen-bond donors (Lipinski definition) is 2. The molecule has 2 N–H and O–H groups in total. The summed E-state index contributed by atoms with van der Waals surface area (Å²) in [6.07, 6.45) is 0. The summed E-state index contributed by atoms with van der Waals surface area (Å²) < 4.78 is 0. The number of nitrogens with zero attached hydrogens (tertiary/aromatic N) is 1. The van der Waals surface area contributed by atoms with Gasteiger partial charge in [-0.3, -0.25) is 0 Å². The van der Waals surface area contributed by atoms with Crippen LogP contribution >= 0.6 is 24.0 Å². The van der Waals surface area contributed by atoms with Crippen LogP contribution in [-0.4, -0.2) is 4.99 Å². The van der Waals surface area contributed by atoms with Crippen molar-refractivity contribution in [3.05, 3.63) is 64.7 Å². The highest BCUT2D eigenvalue weighted by molar-refractivity contribution is 8.03. The van der Waals surface area contributed by atoms with Crippen LogP contribution in [0, 0.1) is 18.3 Å². The third-order valence-corrected chi connectivity index (χ3v) is 4.70. The molecule has 2 aromatic carbocycles. The highest BCUT2D eigenvalue weighted by atomic mass is 32.2. The van der Waals surface area contributed by atoms with Crippen LogP contribution in [0.2, 0.25) is 0 Å². The second-order valence-electron chi connectivity index (χ2n) is 4.81. The van der Waals surface area contributed by atoms with Gasteiger partial charge in [0.1, 0.15) is 16.6 Å². The lowest BCUT2D eigenvalue weighted by molar-refractivity contribution is 1.44. The number of benzene rings is 2. The number of nitrogens with one attached hydrogen (secondary N) is 2. The molecule has 3 nitrogen and oxygen atoms in total. The maximum absolute atomic E-state index is 9.49. The van der Waals surface area contributed by atoms with Crippen molar-refractivity contribution in [1.82, 2.24) is 0 Å². The lowest BCUT2D eigenvalue weighted by Gasteiger charge is -2.11. The molecule has 108 valence electrons. The molecule has 3 rings (SSSR count). The molecule has 0 unspecified atom stereocenters. The quantitative estimate of drug-likeness (QED) is 0.477. The first-order valence-electron chi connectivity index (χ1n) is 6.74. The van der Waals surface area contributed by atoms with Crippen LogP contribution in [0.3, 0.4) is 0 Å². The molecule has 1 aliphatic heterocycles. The molecule has 0 amide bonds. The Morgan fingerprint density at radius 1 is 1.18 bits per heavy atom. The van der Waals surface area contributed by atoms with Gasteiger partial charge in [0.2, 0.25) is 0 Å². The summed E-state index contributed by atoms with van der Waals surface area (Å²) >= 11 is 6.95. The Balaban J connectivity index is 1.87. The van der Waals surface area contributed by atoms with E-state index in [0.717, 1.165) is 26.9 Å². The van der Waals surface area contributed by atoms with Gasteiger partial charge in [-0.05, 0) is 30.7 Å². The molecule has 0 fully saturated rings. The fraction of sp³-hybridized carbons (Fsp3) is 0.0588. The molecular weight excluding hydrogens is 310 g/mol. The van der Waals surface area contributed by atoms with Crippen molar-refractivity contribution in [2.75, 3.05) is 10.6 Å². The normalized spacial score (nSPS) is 14.5. The number of para-hydroxylation sites is 2. The summed E-state index contributed by atoms with van der Waals surface area (Å²) in [4.78, 5) is 1.53. The van der Waals surface area contributed by atoms with E-state index in [-0.39, 0.29) is 0 Å². The molecule has 0 spiro atoms. The monoisotopic (exact) mass is 323 g/mol. The molecule has 0 atom stereocenters. The number of nitriles is 1. The highest BCUT2D eigenvalue weighted by Gasteiger charge is 2.21. The zero-order valence-corrected chi connectivity index (χ0v) is 13.5. The molecule has 1 heterocycles.